The van der Waals surface area contributed by atoms with Crippen LogP contribution in [0, 0.1) is 17.7 Å². The van der Waals surface area contributed by atoms with Crippen molar-refractivity contribution in [3.63, 3.8) is 0 Å². The molecule has 4 rings (SSSR count). The molecule has 0 spiro atoms. The fourth-order valence-electron chi connectivity index (χ4n) is 4.40. The highest BCUT2D eigenvalue weighted by atomic mass is 19.1. The molecule has 1 aliphatic carbocycles. The zero-order valence-corrected chi connectivity index (χ0v) is 16.6. The Balaban J connectivity index is 1.24. The molecule has 1 saturated carbocycles. The minimum absolute atomic E-state index is 0.0281. The monoisotopic (exact) mass is 402 g/mol. The summed E-state index contributed by atoms with van der Waals surface area (Å²) in [6.45, 7) is 2.58. The minimum Gasteiger partial charge on any atom is -0.379 e. The molecule has 1 aromatic heterocycles. The van der Waals surface area contributed by atoms with E-state index in [0.29, 0.717) is 42.6 Å². The first-order chi connectivity index (χ1) is 14.1. The largest absolute Gasteiger partial charge is 0.379 e. The summed E-state index contributed by atoms with van der Waals surface area (Å²) in [6, 6.07) is 6.03. The van der Waals surface area contributed by atoms with E-state index in [4.69, 9.17) is 4.74 Å². The molecule has 2 N–H and O–H groups in total. The van der Waals surface area contributed by atoms with Gasteiger partial charge in [0, 0.05) is 19.1 Å². The highest BCUT2D eigenvalue weighted by Gasteiger charge is 2.40. The molecule has 2 fully saturated rings. The zero-order valence-electron chi connectivity index (χ0n) is 16.6. The molecule has 2 aliphatic rings. The molecule has 0 unspecified atom stereocenters. The predicted octanol–water partition coefficient (Wildman–Crippen LogP) is 1.39. The first kappa shape index (κ1) is 19.9. The van der Waals surface area contributed by atoms with Crippen LogP contribution >= 0.6 is 0 Å². The Morgan fingerprint density at radius 3 is 2.79 bits per heavy atom. The summed E-state index contributed by atoms with van der Waals surface area (Å²) >= 11 is 0. The molecule has 1 saturated heterocycles. The van der Waals surface area contributed by atoms with Crippen molar-refractivity contribution in [1.29, 1.82) is 0 Å². The molecule has 1 aliphatic heterocycles. The van der Waals surface area contributed by atoms with Gasteiger partial charge in [0.1, 0.15) is 5.82 Å². The molecule has 2 aromatic rings. The second-order valence-electron chi connectivity index (χ2n) is 7.92. The first-order valence-electron chi connectivity index (χ1n) is 10.2. The van der Waals surface area contributed by atoms with Gasteiger partial charge in [-0.1, -0.05) is 0 Å². The summed E-state index contributed by atoms with van der Waals surface area (Å²) in [4.78, 5) is 13.9. The number of halogens is 1. The molecular formula is C20H27FN6O2. The third-order valence-electron chi connectivity index (χ3n) is 5.99. The van der Waals surface area contributed by atoms with Crippen molar-refractivity contribution in [3.8, 4) is 11.4 Å². The maximum atomic E-state index is 13.0. The van der Waals surface area contributed by atoms with Crippen LogP contribution in [0.5, 0.6) is 0 Å². The van der Waals surface area contributed by atoms with Crippen molar-refractivity contribution in [2.75, 3.05) is 20.2 Å². The van der Waals surface area contributed by atoms with E-state index in [1.54, 1.807) is 19.2 Å². The number of carbonyl (C=O) groups excluding carboxylic acids is 1. The highest BCUT2D eigenvalue weighted by Crippen LogP contribution is 2.34. The first-order valence-corrected chi connectivity index (χ1v) is 10.2. The molecule has 9 heteroatoms. The van der Waals surface area contributed by atoms with Gasteiger partial charge < -0.3 is 15.4 Å². The minimum atomic E-state index is -0.305. The molecule has 4 atom stereocenters. The van der Waals surface area contributed by atoms with Crippen molar-refractivity contribution in [2.45, 2.75) is 44.4 Å². The molecular weight excluding hydrogens is 375 g/mol. The summed E-state index contributed by atoms with van der Waals surface area (Å²) in [5, 5.41) is 18.9. The van der Waals surface area contributed by atoms with E-state index in [1.165, 1.54) is 16.9 Å². The van der Waals surface area contributed by atoms with Gasteiger partial charge in [-0.2, -0.15) is 4.80 Å². The molecule has 156 valence electrons. The van der Waals surface area contributed by atoms with Crippen LogP contribution < -0.4 is 10.6 Å². The Labute approximate surface area is 169 Å². The number of nitrogens with zero attached hydrogens (tertiary/aromatic N) is 4. The van der Waals surface area contributed by atoms with E-state index >= 15 is 0 Å². The van der Waals surface area contributed by atoms with Gasteiger partial charge in [-0.05, 0) is 73.7 Å². The maximum Gasteiger partial charge on any atom is 0.220 e. The molecule has 1 amide bonds. The van der Waals surface area contributed by atoms with E-state index < -0.39 is 0 Å². The highest BCUT2D eigenvalue weighted by molar-refractivity contribution is 5.76. The number of benzene rings is 1. The van der Waals surface area contributed by atoms with Gasteiger partial charge in [0.2, 0.25) is 11.7 Å². The number of nitrogens with one attached hydrogen (secondary N) is 2. The standard InChI is InChI=1S/C20H27FN6O2/c1-29-18-10-15-12-22-11-14(15)9-17(18)23-19(28)3-2-8-27-25-20(24-26-27)13-4-6-16(21)7-5-13/h4-7,14-15,17-18,22H,2-3,8-12H2,1H3,(H,23,28)/t14-,15+,17-,18-/m0/s1. The second kappa shape index (κ2) is 8.96. The third-order valence-corrected chi connectivity index (χ3v) is 5.99. The lowest BCUT2D eigenvalue weighted by Crippen LogP contribution is -2.50. The second-order valence-corrected chi connectivity index (χ2v) is 7.92. The van der Waals surface area contributed by atoms with Crippen LogP contribution in [-0.4, -0.2) is 58.5 Å². The van der Waals surface area contributed by atoms with Crippen LogP contribution in [0.4, 0.5) is 4.39 Å². The maximum absolute atomic E-state index is 13.0. The molecule has 0 bridgehead atoms. The predicted molar refractivity (Wildman–Crippen MR) is 104 cm³/mol. The number of hydrogen-bond acceptors (Lipinski definition) is 6. The summed E-state index contributed by atoms with van der Waals surface area (Å²) in [5.74, 6) is 1.44. The Hall–Kier alpha value is -2.39. The van der Waals surface area contributed by atoms with E-state index in [9.17, 15) is 9.18 Å². The SMILES string of the molecule is CO[C@H]1C[C@@H]2CNC[C@@H]2C[C@@H]1NC(=O)CCCn1nnc(-c2ccc(F)cc2)n1. The van der Waals surface area contributed by atoms with Crippen LogP contribution in [0.2, 0.25) is 0 Å². The molecule has 29 heavy (non-hydrogen) atoms. The van der Waals surface area contributed by atoms with Gasteiger partial charge in [0.05, 0.1) is 18.7 Å². The Morgan fingerprint density at radius 2 is 2.03 bits per heavy atom. The number of rotatable bonds is 7. The van der Waals surface area contributed by atoms with Crippen molar-refractivity contribution in [2.24, 2.45) is 11.8 Å². The fraction of sp³-hybridized carbons (Fsp3) is 0.600. The number of ether oxygens (including phenoxy) is 1. The number of fused-ring (bicyclic) bond motifs is 1. The number of carbonyl (C=O) groups is 1. The average Bonchev–Trinajstić information content (AvgIpc) is 3.37. The summed E-state index contributed by atoms with van der Waals surface area (Å²) in [6.07, 6.45) is 3.05. The molecule has 2 heterocycles. The number of aryl methyl sites for hydroxylation is 1. The smallest absolute Gasteiger partial charge is 0.220 e. The summed E-state index contributed by atoms with van der Waals surface area (Å²) in [5.41, 5.74) is 0.706. The van der Waals surface area contributed by atoms with Crippen molar-refractivity contribution >= 4 is 5.91 Å². The molecule has 8 nitrogen and oxygen atoms in total. The average molecular weight is 402 g/mol. The normalized spacial score (nSPS) is 26.3. The van der Waals surface area contributed by atoms with E-state index in [2.05, 4.69) is 26.0 Å². The number of amides is 1. The number of aromatic nitrogens is 4. The Morgan fingerprint density at radius 1 is 1.28 bits per heavy atom. The quantitative estimate of drug-likeness (QED) is 0.727. The zero-order chi connectivity index (χ0) is 20.2. The molecule has 0 radical (unpaired) electrons. The van der Waals surface area contributed by atoms with E-state index in [1.807, 2.05) is 0 Å². The van der Waals surface area contributed by atoms with Crippen molar-refractivity contribution in [1.82, 2.24) is 30.8 Å². The van der Waals surface area contributed by atoms with Crippen LogP contribution in [0.3, 0.4) is 0 Å². The van der Waals surface area contributed by atoms with Gasteiger partial charge in [-0.15, -0.1) is 10.2 Å². The van der Waals surface area contributed by atoms with Gasteiger partial charge in [0.15, 0.2) is 0 Å². The van der Waals surface area contributed by atoms with E-state index in [-0.39, 0.29) is 23.9 Å². The lowest BCUT2D eigenvalue weighted by molar-refractivity contribution is -0.124. The summed E-state index contributed by atoms with van der Waals surface area (Å²) < 4.78 is 18.7. The Bertz CT molecular complexity index is 827. The van der Waals surface area contributed by atoms with Crippen LogP contribution in [-0.2, 0) is 16.1 Å². The fourth-order valence-corrected chi connectivity index (χ4v) is 4.40. The number of hydrogen-bond donors (Lipinski definition) is 2. The lowest BCUT2D eigenvalue weighted by atomic mass is 9.77. The number of tetrazole rings is 1. The topological polar surface area (TPSA) is 94.0 Å². The van der Waals surface area contributed by atoms with Crippen molar-refractivity contribution in [3.05, 3.63) is 30.1 Å². The van der Waals surface area contributed by atoms with Crippen LogP contribution in [0.25, 0.3) is 11.4 Å². The van der Waals surface area contributed by atoms with Gasteiger partial charge in [-0.3, -0.25) is 4.79 Å². The van der Waals surface area contributed by atoms with Gasteiger partial charge in [0.25, 0.3) is 0 Å². The van der Waals surface area contributed by atoms with Crippen LogP contribution in [0.1, 0.15) is 25.7 Å². The third kappa shape index (κ3) is 4.79. The van der Waals surface area contributed by atoms with Gasteiger partial charge >= 0.3 is 0 Å². The van der Waals surface area contributed by atoms with E-state index in [0.717, 1.165) is 25.9 Å². The van der Waals surface area contributed by atoms with Crippen LogP contribution in [0.15, 0.2) is 24.3 Å². The lowest BCUT2D eigenvalue weighted by Gasteiger charge is -2.37. The molecule has 1 aromatic carbocycles. The number of methoxy groups -OCH3 is 1. The summed E-state index contributed by atoms with van der Waals surface area (Å²) in [7, 11) is 1.72. The Kier molecular flexibility index (Phi) is 6.15. The van der Waals surface area contributed by atoms with Gasteiger partial charge in [-0.25, -0.2) is 4.39 Å². The van der Waals surface area contributed by atoms with Crippen molar-refractivity contribution < 1.29 is 13.9 Å².